The zero-order chi connectivity index (χ0) is 11.8. The topological polar surface area (TPSA) is 41.0 Å². The second-order valence-electron chi connectivity index (χ2n) is 3.53. The average Bonchev–Trinajstić information content (AvgIpc) is 2.29. The van der Waals surface area contributed by atoms with Gasteiger partial charge in [0.25, 0.3) is 0 Å². The number of halogens is 1. The van der Waals surface area contributed by atoms with Crippen molar-refractivity contribution in [2.24, 2.45) is 0 Å². The zero-order valence-corrected chi connectivity index (χ0v) is 9.91. The molecule has 0 bridgehead atoms. The van der Waals surface area contributed by atoms with Crippen LogP contribution in [0.5, 0.6) is 0 Å². The van der Waals surface area contributed by atoms with E-state index in [9.17, 15) is 4.39 Å². The minimum absolute atomic E-state index is 0.499. The molecule has 0 aliphatic heterocycles. The fraction of sp³-hybridized carbons (Fsp3) is 0.636. The molecule has 1 aromatic rings. The molecule has 0 radical (unpaired) electrons. The molecule has 5 heteroatoms. The fourth-order valence-corrected chi connectivity index (χ4v) is 1.49. The van der Waals surface area contributed by atoms with Crippen molar-refractivity contribution in [1.29, 1.82) is 0 Å². The van der Waals surface area contributed by atoms with Gasteiger partial charge in [-0.3, -0.25) is 0 Å². The van der Waals surface area contributed by atoms with Crippen molar-refractivity contribution in [3.05, 3.63) is 18.3 Å². The van der Waals surface area contributed by atoms with E-state index in [1.165, 1.54) is 12.4 Å². The highest BCUT2D eigenvalue weighted by Gasteiger charge is 1.99. The van der Waals surface area contributed by atoms with Crippen molar-refractivity contribution in [1.82, 2.24) is 14.9 Å². The van der Waals surface area contributed by atoms with Crippen LogP contribution in [0.1, 0.15) is 20.3 Å². The number of rotatable bonds is 7. The minimum Gasteiger partial charge on any atom is -0.370 e. The van der Waals surface area contributed by atoms with Crippen LogP contribution in [-0.2, 0) is 0 Å². The van der Waals surface area contributed by atoms with Crippen LogP contribution in [0.4, 0.5) is 10.2 Å². The van der Waals surface area contributed by atoms with Crippen LogP contribution in [0, 0.1) is 5.95 Å². The molecule has 1 aromatic heterocycles. The molecule has 0 amide bonds. The van der Waals surface area contributed by atoms with Crippen molar-refractivity contribution >= 4 is 5.82 Å². The summed E-state index contributed by atoms with van der Waals surface area (Å²) in [7, 11) is 0. The highest BCUT2D eigenvalue weighted by molar-refractivity contribution is 5.31. The molecule has 4 nitrogen and oxygen atoms in total. The monoisotopic (exact) mass is 226 g/mol. The highest BCUT2D eigenvalue weighted by Crippen LogP contribution is 2.02. The lowest BCUT2D eigenvalue weighted by atomic mass is 10.3. The summed E-state index contributed by atoms with van der Waals surface area (Å²) in [4.78, 5) is 9.67. The van der Waals surface area contributed by atoms with Gasteiger partial charge in [0.05, 0.1) is 0 Å². The maximum Gasteiger partial charge on any atom is 0.217 e. The van der Waals surface area contributed by atoms with E-state index in [4.69, 9.17) is 0 Å². The van der Waals surface area contributed by atoms with E-state index < -0.39 is 5.95 Å². The molecule has 1 N–H and O–H groups in total. The minimum atomic E-state index is -0.499. The Morgan fingerprint density at radius 3 is 2.69 bits per heavy atom. The van der Waals surface area contributed by atoms with E-state index in [1.807, 2.05) is 0 Å². The molecule has 0 unspecified atom stereocenters. The smallest absolute Gasteiger partial charge is 0.217 e. The Bertz CT molecular complexity index is 302. The standard InChI is InChI=1S/C11H19FN4/c1-3-16(4-2)7-5-6-13-11-8-10(12)14-9-15-11/h8-9H,3-7H2,1-2H3,(H,13,14,15). The number of hydrogen-bond acceptors (Lipinski definition) is 4. The Balaban J connectivity index is 2.20. The van der Waals surface area contributed by atoms with E-state index in [0.29, 0.717) is 5.82 Å². The quantitative estimate of drug-likeness (QED) is 0.568. The maximum atomic E-state index is 12.7. The molecule has 90 valence electrons. The predicted octanol–water partition coefficient (Wildman–Crippen LogP) is 1.76. The summed E-state index contributed by atoms with van der Waals surface area (Å²) >= 11 is 0. The Morgan fingerprint density at radius 1 is 1.31 bits per heavy atom. The molecule has 0 aliphatic carbocycles. The molecule has 0 aliphatic rings. The van der Waals surface area contributed by atoms with Gasteiger partial charge in [0.1, 0.15) is 12.1 Å². The van der Waals surface area contributed by atoms with Gasteiger partial charge in [-0.25, -0.2) is 9.97 Å². The molecule has 16 heavy (non-hydrogen) atoms. The Kier molecular flexibility index (Phi) is 5.71. The van der Waals surface area contributed by atoms with Gasteiger partial charge < -0.3 is 10.2 Å². The zero-order valence-electron chi connectivity index (χ0n) is 9.91. The molecule has 0 saturated carbocycles. The van der Waals surface area contributed by atoms with E-state index in [2.05, 4.69) is 34.0 Å². The number of nitrogens with zero attached hydrogens (tertiary/aromatic N) is 3. The van der Waals surface area contributed by atoms with Crippen molar-refractivity contribution in [2.45, 2.75) is 20.3 Å². The van der Waals surface area contributed by atoms with E-state index in [-0.39, 0.29) is 0 Å². The van der Waals surface area contributed by atoms with Gasteiger partial charge in [-0.1, -0.05) is 13.8 Å². The first-order valence-electron chi connectivity index (χ1n) is 5.70. The molecular weight excluding hydrogens is 207 g/mol. The first-order chi connectivity index (χ1) is 7.76. The summed E-state index contributed by atoms with van der Waals surface area (Å²) in [6.45, 7) is 8.28. The number of anilines is 1. The lowest BCUT2D eigenvalue weighted by Crippen LogP contribution is -2.25. The SMILES string of the molecule is CCN(CC)CCCNc1cc(F)ncn1. The number of hydrogen-bond donors (Lipinski definition) is 1. The van der Waals surface area contributed by atoms with Crippen molar-refractivity contribution in [3.8, 4) is 0 Å². The molecule has 0 aromatic carbocycles. The molecule has 0 fully saturated rings. The largest absolute Gasteiger partial charge is 0.370 e. The van der Waals surface area contributed by atoms with Crippen LogP contribution in [0.2, 0.25) is 0 Å². The van der Waals surface area contributed by atoms with Gasteiger partial charge in [-0.05, 0) is 26.1 Å². The summed E-state index contributed by atoms with van der Waals surface area (Å²) in [5, 5.41) is 3.07. The first-order valence-corrected chi connectivity index (χ1v) is 5.70. The molecule has 0 atom stereocenters. The second-order valence-corrected chi connectivity index (χ2v) is 3.53. The van der Waals surface area contributed by atoms with Crippen LogP contribution < -0.4 is 5.32 Å². The Morgan fingerprint density at radius 2 is 2.06 bits per heavy atom. The van der Waals surface area contributed by atoms with E-state index in [1.54, 1.807) is 0 Å². The van der Waals surface area contributed by atoms with Crippen LogP contribution in [0.15, 0.2) is 12.4 Å². The highest BCUT2D eigenvalue weighted by atomic mass is 19.1. The molecule has 1 heterocycles. The lowest BCUT2D eigenvalue weighted by Gasteiger charge is -2.17. The number of nitrogens with one attached hydrogen (secondary N) is 1. The lowest BCUT2D eigenvalue weighted by molar-refractivity contribution is 0.303. The molecule has 0 saturated heterocycles. The van der Waals surface area contributed by atoms with Crippen molar-refractivity contribution < 1.29 is 4.39 Å². The fourth-order valence-electron chi connectivity index (χ4n) is 1.49. The van der Waals surface area contributed by atoms with Crippen LogP contribution in [0.3, 0.4) is 0 Å². The third-order valence-electron chi connectivity index (χ3n) is 2.49. The summed E-state index contributed by atoms with van der Waals surface area (Å²) in [6, 6.07) is 1.30. The van der Waals surface area contributed by atoms with Gasteiger partial charge in [-0.2, -0.15) is 4.39 Å². The molecular formula is C11H19FN4. The van der Waals surface area contributed by atoms with Crippen LogP contribution in [-0.4, -0.2) is 41.0 Å². The summed E-state index contributed by atoms with van der Waals surface area (Å²) in [5.74, 6) is 0.0493. The normalized spacial score (nSPS) is 10.8. The van der Waals surface area contributed by atoms with Gasteiger partial charge in [-0.15, -0.1) is 0 Å². The summed E-state index contributed by atoms with van der Waals surface area (Å²) in [6.07, 6.45) is 2.25. The molecule has 1 rings (SSSR count). The summed E-state index contributed by atoms with van der Waals surface area (Å²) in [5.41, 5.74) is 0. The third kappa shape index (κ3) is 4.53. The van der Waals surface area contributed by atoms with E-state index >= 15 is 0 Å². The van der Waals surface area contributed by atoms with Gasteiger partial charge in [0, 0.05) is 12.6 Å². The second kappa shape index (κ2) is 7.11. The van der Waals surface area contributed by atoms with Gasteiger partial charge >= 0.3 is 0 Å². The van der Waals surface area contributed by atoms with Crippen molar-refractivity contribution in [2.75, 3.05) is 31.5 Å². The van der Waals surface area contributed by atoms with Crippen LogP contribution >= 0.6 is 0 Å². The Hall–Kier alpha value is -1.23. The van der Waals surface area contributed by atoms with Crippen LogP contribution in [0.25, 0.3) is 0 Å². The third-order valence-corrected chi connectivity index (χ3v) is 2.49. The Labute approximate surface area is 95.9 Å². The maximum absolute atomic E-state index is 12.7. The van der Waals surface area contributed by atoms with Gasteiger partial charge in [0.2, 0.25) is 5.95 Å². The predicted molar refractivity (Wildman–Crippen MR) is 62.9 cm³/mol. The van der Waals surface area contributed by atoms with E-state index in [0.717, 1.165) is 32.6 Å². The average molecular weight is 226 g/mol. The van der Waals surface area contributed by atoms with Crippen molar-refractivity contribution in [3.63, 3.8) is 0 Å². The van der Waals surface area contributed by atoms with Gasteiger partial charge in [0.15, 0.2) is 0 Å². The summed E-state index contributed by atoms with van der Waals surface area (Å²) < 4.78 is 12.7. The number of aromatic nitrogens is 2. The molecule has 0 spiro atoms. The first kappa shape index (κ1) is 12.8.